The second-order valence-electron chi connectivity index (χ2n) is 2.16. The Balaban J connectivity index is 2.86. The summed E-state index contributed by atoms with van der Waals surface area (Å²) in [5, 5.41) is 8.31. The molecule has 0 aliphatic heterocycles. The zero-order valence-electron chi connectivity index (χ0n) is 6.99. The standard InChI is InChI=1S/C7H15NO4/c8-7(10)1-3-11-5-6-12-4-2-9/h9H,1-6H2,(H2,8,10). The highest BCUT2D eigenvalue weighted by Crippen LogP contribution is 1.82. The molecule has 0 saturated carbocycles. The number of hydrogen-bond donors (Lipinski definition) is 2. The molecule has 0 saturated heterocycles. The van der Waals surface area contributed by atoms with Gasteiger partial charge in [-0.2, -0.15) is 0 Å². The molecule has 0 unspecified atom stereocenters. The van der Waals surface area contributed by atoms with E-state index in [9.17, 15) is 4.79 Å². The van der Waals surface area contributed by atoms with Gasteiger partial charge in [-0.25, -0.2) is 0 Å². The summed E-state index contributed by atoms with van der Waals surface area (Å²) >= 11 is 0. The molecular formula is C7H15NO4. The van der Waals surface area contributed by atoms with Gasteiger partial charge >= 0.3 is 0 Å². The van der Waals surface area contributed by atoms with Crippen molar-refractivity contribution in [1.29, 1.82) is 0 Å². The van der Waals surface area contributed by atoms with Crippen LogP contribution in [0.1, 0.15) is 6.42 Å². The van der Waals surface area contributed by atoms with Crippen molar-refractivity contribution in [2.75, 3.05) is 33.0 Å². The third-order valence-electron chi connectivity index (χ3n) is 1.10. The van der Waals surface area contributed by atoms with Crippen LogP contribution in [0.4, 0.5) is 0 Å². The van der Waals surface area contributed by atoms with E-state index in [1.165, 1.54) is 0 Å². The highest BCUT2D eigenvalue weighted by Gasteiger charge is 1.93. The molecule has 0 aromatic rings. The minimum atomic E-state index is -0.369. The number of nitrogens with two attached hydrogens (primary N) is 1. The van der Waals surface area contributed by atoms with Crippen LogP contribution in [0.15, 0.2) is 0 Å². The maximum Gasteiger partial charge on any atom is 0.219 e. The number of ether oxygens (including phenoxy) is 2. The number of amides is 1. The third kappa shape index (κ3) is 9.35. The van der Waals surface area contributed by atoms with Crippen molar-refractivity contribution in [2.24, 2.45) is 5.73 Å². The van der Waals surface area contributed by atoms with Crippen molar-refractivity contribution in [3.63, 3.8) is 0 Å². The molecule has 3 N–H and O–H groups in total. The van der Waals surface area contributed by atoms with Crippen LogP contribution in [-0.4, -0.2) is 44.0 Å². The van der Waals surface area contributed by atoms with Gasteiger partial charge in [0.1, 0.15) is 0 Å². The average Bonchev–Trinajstić information content (AvgIpc) is 2.02. The summed E-state index contributed by atoms with van der Waals surface area (Å²) in [6.07, 6.45) is 0.236. The SMILES string of the molecule is NC(=O)CCOCCOCCO. The largest absolute Gasteiger partial charge is 0.394 e. The van der Waals surface area contributed by atoms with Crippen molar-refractivity contribution in [3.8, 4) is 0 Å². The predicted octanol–water partition coefficient (Wildman–Crippen LogP) is -1.11. The molecule has 0 rings (SSSR count). The number of hydrogen-bond acceptors (Lipinski definition) is 4. The van der Waals surface area contributed by atoms with Crippen LogP contribution in [0.2, 0.25) is 0 Å². The molecule has 0 spiro atoms. The summed E-state index contributed by atoms with van der Waals surface area (Å²) in [5.41, 5.74) is 4.87. The van der Waals surface area contributed by atoms with Gasteiger partial charge in [0.2, 0.25) is 5.91 Å². The van der Waals surface area contributed by atoms with Gasteiger partial charge in [-0.05, 0) is 0 Å². The molecule has 0 aromatic heterocycles. The zero-order valence-corrected chi connectivity index (χ0v) is 6.99. The van der Waals surface area contributed by atoms with Crippen LogP contribution in [0, 0.1) is 0 Å². The fourth-order valence-electron chi connectivity index (χ4n) is 0.559. The molecule has 5 nitrogen and oxygen atoms in total. The fourth-order valence-corrected chi connectivity index (χ4v) is 0.559. The summed E-state index contributed by atoms with van der Waals surface area (Å²) in [6.45, 7) is 1.52. The van der Waals surface area contributed by atoms with E-state index in [4.69, 9.17) is 20.3 Å². The lowest BCUT2D eigenvalue weighted by molar-refractivity contribution is -0.119. The Labute approximate surface area is 71.5 Å². The first-order valence-corrected chi connectivity index (χ1v) is 3.82. The number of carbonyl (C=O) groups excluding carboxylic acids is 1. The van der Waals surface area contributed by atoms with E-state index < -0.39 is 0 Å². The monoisotopic (exact) mass is 177 g/mol. The molecule has 0 fully saturated rings. The fraction of sp³-hybridized carbons (Fsp3) is 0.857. The summed E-state index contributed by atoms with van der Waals surface area (Å²) in [7, 11) is 0. The van der Waals surface area contributed by atoms with Gasteiger partial charge in [-0.1, -0.05) is 0 Å². The lowest BCUT2D eigenvalue weighted by atomic mass is 10.4. The second kappa shape index (κ2) is 8.45. The summed E-state index contributed by atoms with van der Waals surface area (Å²) in [6, 6.07) is 0. The second-order valence-corrected chi connectivity index (χ2v) is 2.16. The smallest absolute Gasteiger partial charge is 0.219 e. The van der Waals surface area contributed by atoms with Crippen LogP contribution in [0.3, 0.4) is 0 Å². The molecule has 12 heavy (non-hydrogen) atoms. The number of primary amides is 1. The molecule has 0 heterocycles. The Hall–Kier alpha value is -0.650. The maximum atomic E-state index is 10.2. The number of aliphatic hydroxyl groups is 1. The first-order chi connectivity index (χ1) is 5.77. The summed E-state index contributed by atoms with van der Waals surface area (Å²) in [5.74, 6) is -0.369. The van der Waals surface area contributed by atoms with Gasteiger partial charge in [0.25, 0.3) is 0 Å². The Morgan fingerprint density at radius 1 is 1.17 bits per heavy atom. The van der Waals surface area contributed by atoms with E-state index in [2.05, 4.69) is 0 Å². The van der Waals surface area contributed by atoms with Crippen molar-refractivity contribution in [2.45, 2.75) is 6.42 Å². The van der Waals surface area contributed by atoms with Gasteiger partial charge in [-0.15, -0.1) is 0 Å². The lowest BCUT2D eigenvalue weighted by Crippen LogP contribution is -2.15. The Kier molecular flexibility index (Phi) is 7.99. The normalized spacial score (nSPS) is 10.1. The van der Waals surface area contributed by atoms with Gasteiger partial charge < -0.3 is 20.3 Å². The minimum absolute atomic E-state index is 0.0152. The van der Waals surface area contributed by atoms with E-state index in [0.29, 0.717) is 26.4 Å². The van der Waals surface area contributed by atoms with E-state index in [0.717, 1.165) is 0 Å². The van der Waals surface area contributed by atoms with Gasteiger partial charge in [0, 0.05) is 6.42 Å². The highest BCUT2D eigenvalue weighted by molar-refractivity contribution is 5.73. The van der Waals surface area contributed by atoms with Crippen molar-refractivity contribution in [3.05, 3.63) is 0 Å². The Morgan fingerprint density at radius 2 is 1.75 bits per heavy atom. The van der Waals surface area contributed by atoms with Crippen molar-refractivity contribution >= 4 is 5.91 Å². The van der Waals surface area contributed by atoms with Crippen molar-refractivity contribution in [1.82, 2.24) is 0 Å². The molecule has 5 heteroatoms. The van der Waals surface area contributed by atoms with Gasteiger partial charge in [0.15, 0.2) is 0 Å². The molecule has 0 radical (unpaired) electrons. The molecule has 1 amide bonds. The number of rotatable bonds is 8. The van der Waals surface area contributed by atoms with E-state index in [-0.39, 0.29) is 18.9 Å². The molecule has 72 valence electrons. The first kappa shape index (κ1) is 11.4. The number of aliphatic hydroxyl groups excluding tert-OH is 1. The quantitative estimate of drug-likeness (QED) is 0.460. The predicted molar refractivity (Wildman–Crippen MR) is 42.5 cm³/mol. The van der Waals surface area contributed by atoms with E-state index in [1.54, 1.807) is 0 Å². The molecule has 0 aliphatic rings. The van der Waals surface area contributed by atoms with Crippen molar-refractivity contribution < 1.29 is 19.4 Å². The topological polar surface area (TPSA) is 81.8 Å². The average molecular weight is 177 g/mol. The van der Waals surface area contributed by atoms with Gasteiger partial charge in [-0.3, -0.25) is 4.79 Å². The lowest BCUT2D eigenvalue weighted by Gasteiger charge is -2.02. The Bertz CT molecular complexity index is 118. The molecule has 0 aromatic carbocycles. The van der Waals surface area contributed by atoms with E-state index >= 15 is 0 Å². The molecule has 0 bridgehead atoms. The Morgan fingerprint density at radius 3 is 2.25 bits per heavy atom. The van der Waals surface area contributed by atoms with E-state index in [1.807, 2.05) is 0 Å². The van der Waals surface area contributed by atoms with Crippen LogP contribution in [0.25, 0.3) is 0 Å². The highest BCUT2D eigenvalue weighted by atomic mass is 16.5. The van der Waals surface area contributed by atoms with Crippen LogP contribution in [-0.2, 0) is 14.3 Å². The first-order valence-electron chi connectivity index (χ1n) is 3.82. The molecule has 0 atom stereocenters. The summed E-state index contributed by atoms with van der Waals surface area (Å²) < 4.78 is 9.88. The van der Waals surface area contributed by atoms with Crippen LogP contribution >= 0.6 is 0 Å². The minimum Gasteiger partial charge on any atom is -0.394 e. The summed E-state index contributed by atoms with van der Waals surface area (Å²) in [4.78, 5) is 10.2. The number of carbonyl (C=O) groups is 1. The van der Waals surface area contributed by atoms with Crippen LogP contribution in [0.5, 0.6) is 0 Å². The van der Waals surface area contributed by atoms with Crippen LogP contribution < -0.4 is 5.73 Å². The molecular weight excluding hydrogens is 162 g/mol. The third-order valence-corrected chi connectivity index (χ3v) is 1.10. The maximum absolute atomic E-state index is 10.2. The zero-order chi connectivity index (χ0) is 9.23. The molecule has 0 aliphatic carbocycles. The van der Waals surface area contributed by atoms with Gasteiger partial charge in [0.05, 0.1) is 33.0 Å².